The van der Waals surface area contributed by atoms with Gasteiger partial charge in [0.05, 0.1) is 0 Å². The molecule has 0 heterocycles. The van der Waals surface area contributed by atoms with Crippen LogP contribution in [0.5, 0.6) is 5.75 Å². The third-order valence-electron chi connectivity index (χ3n) is 3.34. The van der Waals surface area contributed by atoms with Crippen LogP contribution in [0.2, 0.25) is 0 Å². The number of benzene rings is 1. The number of carbonyl (C=O) groups excluding carboxylic acids is 1. The molecule has 0 saturated heterocycles. The smallest absolute Gasteiger partial charge is 0.258 e. The van der Waals surface area contributed by atoms with Gasteiger partial charge in [-0.05, 0) is 49.8 Å². The van der Waals surface area contributed by atoms with Crippen LogP contribution in [0.1, 0.15) is 24.8 Å². The van der Waals surface area contributed by atoms with Crippen LogP contribution in [-0.4, -0.2) is 30.3 Å². The molecule has 0 spiro atoms. The van der Waals surface area contributed by atoms with E-state index in [1.54, 1.807) is 0 Å². The normalized spacial score (nSPS) is 15.9. The fourth-order valence-electron chi connectivity index (χ4n) is 2.17. The molecule has 1 saturated carbocycles. The van der Waals surface area contributed by atoms with Crippen molar-refractivity contribution in [2.75, 3.05) is 13.2 Å². The van der Waals surface area contributed by atoms with Gasteiger partial charge in [0.15, 0.2) is 6.61 Å². The van der Waals surface area contributed by atoms with Gasteiger partial charge in [0.2, 0.25) is 0 Å². The van der Waals surface area contributed by atoms with E-state index in [1.165, 1.54) is 0 Å². The molecule has 1 aromatic rings. The molecule has 4 heteroatoms. The summed E-state index contributed by atoms with van der Waals surface area (Å²) in [6, 6.07) is 7.73. The first-order valence-corrected chi connectivity index (χ1v) is 6.78. The van der Waals surface area contributed by atoms with Gasteiger partial charge in [-0.15, -0.1) is 0 Å². The third-order valence-corrected chi connectivity index (χ3v) is 3.34. The maximum Gasteiger partial charge on any atom is 0.258 e. The van der Waals surface area contributed by atoms with Gasteiger partial charge in [-0.2, -0.15) is 0 Å². The molecule has 4 nitrogen and oxygen atoms in total. The molecule has 0 radical (unpaired) electrons. The maximum absolute atomic E-state index is 11.8. The van der Waals surface area contributed by atoms with E-state index in [-0.39, 0.29) is 25.2 Å². The van der Waals surface area contributed by atoms with Crippen LogP contribution in [0.25, 0.3) is 0 Å². The Balaban J connectivity index is 1.77. The Morgan fingerprint density at radius 2 is 2.32 bits per heavy atom. The van der Waals surface area contributed by atoms with Gasteiger partial charge in [-0.1, -0.05) is 12.1 Å². The molecule has 0 aliphatic heterocycles. The van der Waals surface area contributed by atoms with Crippen molar-refractivity contribution in [2.45, 2.75) is 32.2 Å². The number of aryl methyl sites for hydroxylation is 1. The van der Waals surface area contributed by atoms with Crippen molar-refractivity contribution in [1.29, 1.82) is 0 Å². The highest BCUT2D eigenvalue weighted by molar-refractivity contribution is 5.77. The molecular formula is C15H21NO3. The molecule has 0 bridgehead atoms. The van der Waals surface area contributed by atoms with Crippen molar-refractivity contribution >= 4 is 5.91 Å². The number of amides is 1. The predicted octanol–water partition coefficient (Wildman–Crippen LogP) is 1.65. The van der Waals surface area contributed by atoms with Gasteiger partial charge < -0.3 is 15.2 Å². The van der Waals surface area contributed by atoms with Crippen LogP contribution in [-0.2, 0) is 4.79 Å². The van der Waals surface area contributed by atoms with E-state index < -0.39 is 0 Å². The zero-order chi connectivity index (χ0) is 13.7. The second kappa shape index (κ2) is 6.57. The predicted molar refractivity (Wildman–Crippen MR) is 73.0 cm³/mol. The van der Waals surface area contributed by atoms with Crippen molar-refractivity contribution < 1.29 is 14.6 Å². The van der Waals surface area contributed by atoms with Gasteiger partial charge in [-0.25, -0.2) is 0 Å². The molecule has 1 unspecified atom stereocenters. The number of hydrogen-bond acceptors (Lipinski definition) is 3. The average molecular weight is 263 g/mol. The van der Waals surface area contributed by atoms with Crippen LogP contribution < -0.4 is 10.1 Å². The summed E-state index contributed by atoms with van der Waals surface area (Å²) in [5, 5.41) is 11.9. The lowest BCUT2D eigenvalue weighted by molar-refractivity contribution is -0.124. The summed E-state index contributed by atoms with van der Waals surface area (Å²) in [6.45, 7) is 2.12. The van der Waals surface area contributed by atoms with E-state index in [4.69, 9.17) is 9.84 Å². The molecule has 0 aromatic heterocycles. The lowest BCUT2D eigenvalue weighted by Gasteiger charge is -2.17. The van der Waals surface area contributed by atoms with Gasteiger partial charge in [0, 0.05) is 12.6 Å². The molecule has 1 atom stereocenters. The van der Waals surface area contributed by atoms with Gasteiger partial charge in [0.25, 0.3) is 5.91 Å². The van der Waals surface area contributed by atoms with Gasteiger partial charge in [0.1, 0.15) is 5.75 Å². The highest BCUT2D eigenvalue weighted by Crippen LogP contribution is 2.33. The second-order valence-corrected chi connectivity index (χ2v) is 5.13. The molecule has 1 aliphatic carbocycles. The maximum atomic E-state index is 11.8. The lowest BCUT2D eigenvalue weighted by atomic mass is 10.1. The summed E-state index contributed by atoms with van der Waals surface area (Å²) in [4.78, 5) is 11.8. The second-order valence-electron chi connectivity index (χ2n) is 5.13. The number of hydrogen-bond donors (Lipinski definition) is 2. The summed E-state index contributed by atoms with van der Waals surface area (Å²) < 4.78 is 5.45. The SMILES string of the molecule is Cc1cccc(OCC(=O)NC(CCO)C2CC2)c1. The quantitative estimate of drug-likeness (QED) is 0.786. The van der Waals surface area contributed by atoms with Gasteiger partial charge >= 0.3 is 0 Å². The molecule has 19 heavy (non-hydrogen) atoms. The Hall–Kier alpha value is -1.55. The van der Waals surface area contributed by atoms with Gasteiger partial charge in [-0.3, -0.25) is 4.79 Å². The van der Waals surface area contributed by atoms with E-state index in [1.807, 2.05) is 31.2 Å². The zero-order valence-electron chi connectivity index (χ0n) is 11.3. The lowest BCUT2D eigenvalue weighted by Crippen LogP contribution is -2.39. The number of carbonyl (C=O) groups is 1. The van der Waals surface area contributed by atoms with Crippen molar-refractivity contribution in [3.63, 3.8) is 0 Å². The molecule has 1 amide bonds. The van der Waals surface area contributed by atoms with Crippen molar-refractivity contribution in [3.05, 3.63) is 29.8 Å². The minimum absolute atomic E-state index is 0.0259. The van der Waals surface area contributed by atoms with E-state index in [9.17, 15) is 4.79 Å². The number of ether oxygens (including phenoxy) is 1. The number of aliphatic hydroxyl groups excluding tert-OH is 1. The topological polar surface area (TPSA) is 58.6 Å². The largest absolute Gasteiger partial charge is 0.484 e. The number of nitrogens with one attached hydrogen (secondary N) is 1. The summed E-state index contributed by atoms with van der Waals surface area (Å²) in [6.07, 6.45) is 2.91. The third kappa shape index (κ3) is 4.56. The monoisotopic (exact) mass is 263 g/mol. The first-order chi connectivity index (χ1) is 9.19. The van der Waals surface area contributed by atoms with Crippen LogP contribution in [0, 0.1) is 12.8 Å². The molecular weight excluding hydrogens is 242 g/mol. The standard InChI is InChI=1S/C15H21NO3/c1-11-3-2-4-13(9-11)19-10-15(18)16-14(7-8-17)12-5-6-12/h2-4,9,12,14,17H,5-8,10H2,1H3,(H,16,18). The number of aliphatic hydroxyl groups is 1. The van der Waals surface area contributed by atoms with Crippen molar-refractivity contribution in [2.24, 2.45) is 5.92 Å². The van der Waals surface area contributed by atoms with Crippen LogP contribution in [0.15, 0.2) is 24.3 Å². The molecule has 2 rings (SSSR count). The Morgan fingerprint density at radius 1 is 1.53 bits per heavy atom. The van der Waals surface area contributed by atoms with Crippen LogP contribution >= 0.6 is 0 Å². The summed E-state index contributed by atoms with van der Waals surface area (Å²) in [5.41, 5.74) is 1.11. The van der Waals surface area contributed by atoms with E-state index in [0.717, 1.165) is 18.4 Å². The molecule has 2 N–H and O–H groups in total. The Kier molecular flexibility index (Phi) is 4.80. The molecule has 1 aromatic carbocycles. The first-order valence-electron chi connectivity index (χ1n) is 6.78. The minimum Gasteiger partial charge on any atom is -0.484 e. The molecule has 1 fully saturated rings. The van der Waals surface area contributed by atoms with E-state index in [0.29, 0.717) is 18.1 Å². The highest BCUT2D eigenvalue weighted by Gasteiger charge is 2.31. The summed E-state index contributed by atoms with van der Waals surface area (Å²) >= 11 is 0. The fourth-order valence-corrected chi connectivity index (χ4v) is 2.17. The van der Waals surface area contributed by atoms with Crippen LogP contribution in [0.4, 0.5) is 0 Å². The number of rotatable bonds is 7. The Labute approximate surface area is 113 Å². The minimum atomic E-state index is -0.119. The summed E-state index contributed by atoms with van der Waals surface area (Å²) in [5.74, 6) is 1.13. The van der Waals surface area contributed by atoms with Crippen molar-refractivity contribution in [1.82, 2.24) is 5.32 Å². The first kappa shape index (κ1) is 13.9. The van der Waals surface area contributed by atoms with E-state index >= 15 is 0 Å². The van der Waals surface area contributed by atoms with Crippen LogP contribution in [0.3, 0.4) is 0 Å². The highest BCUT2D eigenvalue weighted by atomic mass is 16.5. The zero-order valence-corrected chi connectivity index (χ0v) is 11.3. The fraction of sp³-hybridized carbons (Fsp3) is 0.533. The van der Waals surface area contributed by atoms with E-state index in [2.05, 4.69) is 5.32 Å². The Morgan fingerprint density at radius 3 is 2.95 bits per heavy atom. The molecule has 104 valence electrons. The molecule has 1 aliphatic rings. The van der Waals surface area contributed by atoms with Crippen molar-refractivity contribution in [3.8, 4) is 5.75 Å². The Bertz CT molecular complexity index is 429. The summed E-state index contributed by atoms with van der Waals surface area (Å²) in [7, 11) is 0. The average Bonchev–Trinajstić information content (AvgIpc) is 3.20.